The number of benzene rings is 2. The third-order valence-corrected chi connectivity index (χ3v) is 4.44. The van der Waals surface area contributed by atoms with Crippen molar-refractivity contribution in [1.82, 2.24) is 25.5 Å². The van der Waals surface area contributed by atoms with Gasteiger partial charge >= 0.3 is 0 Å². The van der Waals surface area contributed by atoms with Crippen LogP contribution in [0, 0.1) is 0 Å². The van der Waals surface area contributed by atoms with E-state index in [9.17, 15) is 9.59 Å². The molecule has 2 aromatic carbocycles. The smallest absolute Gasteiger partial charge is 0.251 e. The van der Waals surface area contributed by atoms with Gasteiger partial charge in [-0.1, -0.05) is 36.0 Å². The van der Waals surface area contributed by atoms with E-state index in [1.165, 1.54) is 11.8 Å². The lowest BCUT2D eigenvalue weighted by Gasteiger charge is -2.08. The molecule has 0 radical (unpaired) electrons. The highest BCUT2D eigenvalue weighted by atomic mass is 32.2. The maximum absolute atomic E-state index is 12.3. The fraction of sp³-hybridized carbons (Fsp3) is 0.167. The predicted octanol–water partition coefficient (Wildman–Crippen LogP) is 2.14. The summed E-state index contributed by atoms with van der Waals surface area (Å²) in [5.74, 6) is -0.251. The fourth-order valence-electron chi connectivity index (χ4n) is 2.33. The van der Waals surface area contributed by atoms with Crippen LogP contribution in [0.15, 0.2) is 59.8 Å². The van der Waals surface area contributed by atoms with Crippen LogP contribution in [0.4, 0.5) is 5.69 Å². The second-order valence-corrected chi connectivity index (χ2v) is 6.43. The molecule has 0 atom stereocenters. The van der Waals surface area contributed by atoms with E-state index in [2.05, 4.69) is 26.2 Å². The van der Waals surface area contributed by atoms with Crippen LogP contribution in [-0.2, 0) is 4.79 Å². The van der Waals surface area contributed by atoms with Crippen molar-refractivity contribution in [1.29, 1.82) is 0 Å². The van der Waals surface area contributed by atoms with Crippen LogP contribution in [0.25, 0.3) is 5.69 Å². The van der Waals surface area contributed by atoms with Gasteiger partial charge < -0.3 is 10.6 Å². The van der Waals surface area contributed by atoms with E-state index in [0.717, 1.165) is 5.69 Å². The summed E-state index contributed by atoms with van der Waals surface area (Å²) in [5.41, 5.74) is 1.88. The Morgan fingerprint density at radius 2 is 1.93 bits per heavy atom. The van der Waals surface area contributed by atoms with Crippen molar-refractivity contribution in [3.05, 3.63) is 60.2 Å². The Morgan fingerprint density at radius 3 is 2.70 bits per heavy atom. The van der Waals surface area contributed by atoms with Crippen molar-refractivity contribution in [3.63, 3.8) is 0 Å². The number of rotatable bonds is 7. The fourth-order valence-corrected chi connectivity index (χ4v) is 3.02. The van der Waals surface area contributed by atoms with Crippen LogP contribution >= 0.6 is 11.8 Å². The number of nitrogens with zero attached hydrogens (tertiary/aromatic N) is 4. The molecule has 2 amide bonds. The van der Waals surface area contributed by atoms with E-state index >= 15 is 0 Å². The van der Waals surface area contributed by atoms with E-state index in [0.29, 0.717) is 23.0 Å². The number of carbonyl (C=O) groups excluding carboxylic acids is 2. The number of thioether (sulfide) groups is 1. The Bertz CT molecular complexity index is 928. The molecular weight excluding hydrogens is 364 g/mol. The molecule has 9 heteroatoms. The molecule has 0 aliphatic rings. The molecule has 0 aliphatic carbocycles. The summed E-state index contributed by atoms with van der Waals surface area (Å²) in [6.07, 6.45) is 0. The van der Waals surface area contributed by atoms with Crippen molar-refractivity contribution in [2.75, 3.05) is 17.6 Å². The largest absolute Gasteiger partial charge is 0.352 e. The molecule has 1 aromatic heterocycles. The van der Waals surface area contributed by atoms with Gasteiger partial charge in [-0.2, -0.15) is 4.68 Å². The zero-order valence-corrected chi connectivity index (χ0v) is 15.4. The summed E-state index contributed by atoms with van der Waals surface area (Å²) in [6, 6.07) is 16.2. The number of para-hydroxylation sites is 1. The van der Waals surface area contributed by atoms with Crippen molar-refractivity contribution >= 4 is 29.3 Å². The van der Waals surface area contributed by atoms with Crippen LogP contribution in [0.5, 0.6) is 0 Å². The first-order valence-electron chi connectivity index (χ1n) is 8.32. The molecule has 3 rings (SSSR count). The molecule has 0 unspecified atom stereocenters. The Morgan fingerprint density at radius 1 is 1.11 bits per heavy atom. The van der Waals surface area contributed by atoms with Gasteiger partial charge in [-0.05, 0) is 47.7 Å². The topological polar surface area (TPSA) is 102 Å². The van der Waals surface area contributed by atoms with Crippen molar-refractivity contribution in [2.45, 2.75) is 12.1 Å². The van der Waals surface area contributed by atoms with Crippen LogP contribution in [0.1, 0.15) is 17.3 Å². The zero-order chi connectivity index (χ0) is 19.1. The maximum atomic E-state index is 12.3. The van der Waals surface area contributed by atoms with E-state index < -0.39 is 0 Å². The minimum absolute atomic E-state index is 0.137. The predicted molar refractivity (Wildman–Crippen MR) is 103 cm³/mol. The monoisotopic (exact) mass is 382 g/mol. The number of hydrogen-bond donors (Lipinski definition) is 2. The summed E-state index contributed by atoms with van der Waals surface area (Å²) >= 11 is 1.23. The summed E-state index contributed by atoms with van der Waals surface area (Å²) in [5, 5.41) is 17.6. The standard InChI is InChI=1S/C18H18N6O2S/c1-2-19-17(26)13-7-6-8-14(11-13)20-16(25)12-27-18-21-22-23-24(18)15-9-4-3-5-10-15/h3-11H,2,12H2,1H3,(H,19,26)(H,20,25). The molecule has 8 nitrogen and oxygen atoms in total. The average molecular weight is 382 g/mol. The first kappa shape index (κ1) is 18.6. The molecule has 0 fully saturated rings. The zero-order valence-electron chi connectivity index (χ0n) is 14.6. The lowest BCUT2D eigenvalue weighted by atomic mass is 10.2. The van der Waals surface area contributed by atoms with Crippen LogP contribution in [-0.4, -0.2) is 44.3 Å². The molecule has 27 heavy (non-hydrogen) atoms. The SMILES string of the molecule is CCNC(=O)c1cccc(NC(=O)CSc2nnnn2-c2ccccc2)c1. The number of aromatic nitrogens is 4. The third-order valence-electron chi connectivity index (χ3n) is 3.52. The number of hydrogen-bond acceptors (Lipinski definition) is 6. The Hall–Kier alpha value is -3.20. The highest BCUT2D eigenvalue weighted by Crippen LogP contribution is 2.18. The van der Waals surface area contributed by atoms with Gasteiger partial charge in [0.05, 0.1) is 11.4 Å². The average Bonchev–Trinajstić information content (AvgIpc) is 3.16. The number of amides is 2. The highest BCUT2D eigenvalue weighted by Gasteiger charge is 2.12. The second kappa shape index (κ2) is 8.95. The molecule has 0 saturated heterocycles. The third kappa shape index (κ3) is 4.91. The minimum Gasteiger partial charge on any atom is -0.352 e. The first-order chi connectivity index (χ1) is 13.2. The Labute approximate surface area is 160 Å². The van der Waals surface area contributed by atoms with Gasteiger partial charge in [-0.15, -0.1) is 5.10 Å². The minimum atomic E-state index is -0.212. The molecule has 0 saturated carbocycles. The van der Waals surface area contributed by atoms with Crippen molar-refractivity contribution < 1.29 is 9.59 Å². The summed E-state index contributed by atoms with van der Waals surface area (Å²) in [7, 11) is 0. The van der Waals surface area contributed by atoms with Crippen molar-refractivity contribution in [2.24, 2.45) is 0 Å². The number of carbonyl (C=O) groups is 2. The van der Waals surface area contributed by atoms with Gasteiger partial charge in [0, 0.05) is 17.8 Å². The van der Waals surface area contributed by atoms with E-state index in [1.807, 2.05) is 37.3 Å². The lowest BCUT2D eigenvalue weighted by molar-refractivity contribution is -0.113. The lowest BCUT2D eigenvalue weighted by Crippen LogP contribution is -2.23. The van der Waals surface area contributed by atoms with E-state index in [4.69, 9.17) is 0 Å². The first-order valence-corrected chi connectivity index (χ1v) is 9.30. The maximum Gasteiger partial charge on any atom is 0.251 e. The van der Waals surface area contributed by atoms with Gasteiger partial charge in [-0.25, -0.2) is 0 Å². The van der Waals surface area contributed by atoms with Crippen LogP contribution in [0.3, 0.4) is 0 Å². The number of nitrogens with one attached hydrogen (secondary N) is 2. The van der Waals surface area contributed by atoms with Gasteiger partial charge in [0.2, 0.25) is 11.1 Å². The summed E-state index contributed by atoms with van der Waals surface area (Å²) < 4.78 is 1.58. The molecule has 0 spiro atoms. The van der Waals surface area contributed by atoms with E-state index in [1.54, 1.807) is 28.9 Å². The van der Waals surface area contributed by atoms with Crippen molar-refractivity contribution in [3.8, 4) is 5.69 Å². The second-order valence-electron chi connectivity index (χ2n) is 5.49. The summed E-state index contributed by atoms with van der Waals surface area (Å²) in [6.45, 7) is 2.39. The van der Waals surface area contributed by atoms with Gasteiger partial charge in [0.25, 0.3) is 5.91 Å². The Kier molecular flexibility index (Phi) is 6.16. The molecule has 2 N–H and O–H groups in total. The molecule has 138 valence electrons. The molecule has 0 bridgehead atoms. The number of tetrazole rings is 1. The van der Waals surface area contributed by atoms with Gasteiger partial charge in [-0.3, -0.25) is 9.59 Å². The van der Waals surface area contributed by atoms with E-state index in [-0.39, 0.29) is 17.6 Å². The Balaban J connectivity index is 1.61. The normalized spacial score (nSPS) is 10.4. The highest BCUT2D eigenvalue weighted by molar-refractivity contribution is 7.99. The molecular formula is C18H18N6O2S. The van der Waals surface area contributed by atoms with Gasteiger partial charge in [0.15, 0.2) is 0 Å². The molecule has 0 aliphatic heterocycles. The molecule has 3 aromatic rings. The van der Waals surface area contributed by atoms with Crippen LogP contribution < -0.4 is 10.6 Å². The van der Waals surface area contributed by atoms with Gasteiger partial charge in [0.1, 0.15) is 0 Å². The summed E-state index contributed by atoms with van der Waals surface area (Å²) in [4.78, 5) is 24.1. The quantitative estimate of drug-likeness (QED) is 0.607. The van der Waals surface area contributed by atoms with Crippen LogP contribution in [0.2, 0.25) is 0 Å². The number of anilines is 1. The molecule has 1 heterocycles.